The smallest absolute Gasteiger partial charge is 0.253 e. The Labute approximate surface area is 150 Å². The molecule has 0 saturated carbocycles. The quantitative estimate of drug-likeness (QED) is 0.841. The first-order valence-corrected chi connectivity index (χ1v) is 9.02. The molecule has 1 saturated heterocycles. The zero-order chi connectivity index (χ0) is 18.6. The number of carbonyl (C=O) groups is 2. The van der Waals surface area contributed by atoms with Gasteiger partial charge in [0, 0.05) is 38.2 Å². The fourth-order valence-corrected chi connectivity index (χ4v) is 2.84. The van der Waals surface area contributed by atoms with Gasteiger partial charge < -0.3 is 14.5 Å². The highest BCUT2D eigenvalue weighted by Gasteiger charge is 2.25. The molecule has 1 heterocycles. The summed E-state index contributed by atoms with van der Waals surface area (Å²) >= 11 is 0. The van der Waals surface area contributed by atoms with Crippen LogP contribution in [0.2, 0.25) is 0 Å². The van der Waals surface area contributed by atoms with E-state index in [1.54, 1.807) is 12.1 Å². The zero-order valence-electron chi connectivity index (χ0n) is 16.0. The Morgan fingerprint density at radius 2 is 1.52 bits per heavy atom. The second kappa shape index (κ2) is 7.89. The maximum Gasteiger partial charge on any atom is 0.253 e. The van der Waals surface area contributed by atoms with Gasteiger partial charge in [-0.15, -0.1) is 0 Å². The Morgan fingerprint density at radius 3 is 2.00 bits per heavy atom. The van der Waals surface area contributed by atoms with E-state index in [-0.39, 0.29) is 17.4 Å². The van der Waals surface area contributed by atoms with Crippen LogP contribution in [0, 0.1) is 5.92 Å². The van der Waals surface area contributed by atoms with Crippen LogP contribution in [-0.2, 0) is 4.79 Å². The SMILES string of the molecule is CC(C)CC(=O)N1CCN(C(=O)c2ccc(OC(C)(C)C)cc2)CC1. The van der Waals surface area contributed by atoms with Crippen molar-refractivity contribution in [1.82, 2.24) is 9.80 Å². The largest absolute Gasteiger partial charge is 0.488 e. The molecule has 2 rings (SSSR count). The molecular weight excluding hydrogens is 316 g/mol. The number of hydrogen-bond acceptors (Lipinski definition) is 3. The van der Waals surface area contributed by atoms with Crippen LogP contribution < -0.4 is 4.74 Å². The summed E-state index contributed by atoms with van der Waals surface area (Å²) in [5, 5.41) is 0. The van der Waals surface area contributed by atoms with Gasteiger partial charge in [0.1, 0.15) is 11.4 Å². The van der Waals surface area contributed by atoms with E-state index in [0.29, 0.717) is 44.1 Å². The molecule has 0 bridgehead atoms. The van der Waals surface area contributed by atoms with Crippen molar-refractivity contribution in [1.29, 1.82) is 0 Å². The molecule has 0 radical (unpaired) electrons. The number of benzene rings is 1. The molecular formula is C20H30N2O3. The Balaban J connectivity index is 1.91. The third-order valence-corrected chi connectivity index (χ3v) is 4.03. The number of amides is 2. The van der Waals surface area contributed by atoms with Crippen LogP contribution in [-0.4, -0.2) is 53.4 Å². The van der Waals surface area contributed by atoms with E-state index in [1.165, 1.54) is 0 Å². The molecule has 2 amide bonds. The summed E-state index contributed by atoms with van der Waals surface area (Å²) in [6.07, 6.45) is 0.573. The van der Waals surface area contributed by atoms with E-state index in [2.05, 4.69) is 0 Å². The predicted molar refractivity (Wildman–Crippen MR) is 98.8 cm³/mol. The van der Waals surface area contributed by atoms with Crippen molar-refractivity contribution < 1.29 is 14.3 Å². The number of nitrogens with zero attached hydrogens (tertiary/aromatic N) is 2. The lowest BCUT2D eigenvalue weighted by Gasteiger charge is -2.35. The summed E-state index contributed by atoms with van der Waals surface area (Å²) in [4.78, 5) is 28.4. The van der Waals surface area contributed by atoms with Crippen molar-refractivity contribution in [2.75, 3.05) is 26.2 Å². The molecule has 0 atom stereocenters. The first kappa shape index (κ1) is 19.3. The fraction of sp³-hybridized carbons (Fsp3) is 0.600. The lowest BCUT2D eigenvalue weighted by molar-refractivity contribution is -0.133. The van der Waals surface area contributed by atoms with Crippen LogP contribution in [0.1, 0.15) is 51.4 Å². The van der Waals surface area contributed by atoms with Gasteiger partial charge in [-0.3, -0.25) is 9.59 Å². The molecule has 0 unspecified atom stereocenters. The van der Waals surface area contributed by atoms with Crippen molar-refractivity contribution in [3.63, 3.8) is 0 Å². The van der Waals surface area contributed by atoms with E-state index in [4.69, 9.17) is 4.74 Å². The summed E-state index contributed by atoms with van der Waals surface area (Å²) in [5.41, 5.74) is 0.396. The molecule has 1 aromatic rings. The van der Waals surface area contributed by atoms with Crippen molar-refractivity contribution in [2.24, 2.45) is 5.92 Å². The topological polar surface area (TPSA) is 49.9 Å². The Kier molecular flexibility index (Phi) is 6.09. The highest BCUT2D eigenvalue weighted by Crippen LogP contribution is 2.19. The van der Waals surface area contributed by atoms with Crippen LogP contribution in [0.5, 0.6) is 5.75 Å². The van der Waals surface area contributed by atoms with Crippen LogP contribution >= 0.6 is 0 Å². The number of hydrogen-bond donors (Lipinski definition) is 0. The normalized spacial score (nSPS) is 15.4. The third kappa shape index (κ3) is 5.76. The van der Waals surface area contributed by atoms with Gasteiger partial charge in [-0.05, 0) is 51.0 Å². The second-order valence-corrected chi connectivity index (χ2v) is 8.01. The molecule has 1 fully saturated rings. The van der Waals surface area contributed by atoms with Crippen molar-refractivity contribution in [3.05, 3.63) is 29.8 Å². The predicted octanol–water partition coefficient (Wildman–Crippen LogP) is 3.19. The molecule has 0 N–H and O–H groups in total. The minimum Gasteiger partial charge on any atom is -0.488 e. The molecule has 25 heavy (non-hydrogen) atoms. The zero-order valence-corrected chi connectivity index (χ0v) is 16.0. The summed E-state index contributed by atoms with van der Waals surface area (Å²) < 4.78 is 5.78. The van der Waals surface area contributed by atoms with Crippen LogP contribution in [0.3, 0.4) is 0 Å². The number of rotatable bonds is 4. The Bertz CT molecular complexity index is 594. The van der Waals surface area contributed by atoms with Crippen molar-refractivity contribution in [3.8, 4) is 5.75 Å². The van der Waals surface area contributed by atoms with Crippen LogP contribution in [0.25, 0.3) is 0 Å². The van der Waals surface area contributed by atoms with E-state index >= 15 is 0 Å². The van der Waals surface area contributed by atoms with Gasteiger partial charge in [0.2, 0.25) is 5.91 Å². The van der Waals surface area contributed by atoms with Gasteiger partial charge in [-0.1, -0.05) is 13.8 Å². The van der Waals surface area contributed by atoms with Gasteiger partial charge in [0.25, 0.3) is 5.91 Å². The number of ether oxygens (including phenoxy) is 1. The standard InChI is InChI=1S/C20H30N2O3/c1-15(2)14-18(23)21-10-12-22(13-11-21)19(24)16-6-8-17(9-7-16)25-20(3,4)5/h6-9,15H,10-14H2,1-5H3. The van der Waals surface area contributed by atoms with Crippen LogP contribution in [0.4, 0.5) is 0 Å². The van der Waals surface area contributed by atoms with Gasteiger partial charge in [0.15, 0.2) is 0 Å². The molecule has 138 valence electrons. The first-order chi connectivity index (χ1) is 11.7. The van der Waals surface area contributed by atoms with Crippen LogP contribution in [0.15, 0.2) is 24.3 Å². The van der Waals surface area contributed by atoms with E-state index < -0.39 is 0 Å². The van der Waals surface area contributed by atoms with Gasteiger partial charge in [-0.2, -0.15) is 0 Å². The highest BCUT2D eigenvalue weighted by atomic mass is 16.5. The van der Waals surface area contributed by atoms with E-state index in [9.17, 15) is 9.59 Å². The van der Waals surface area contributed by atoms with Gasteiger partial charge in [0.05, 0.1) is 0 Å². The van der Waals surface area contributed by atoms with Crippen molar-refractivity contribution in [2.45, 2.75) is 46.6 Å². The number of carbonyl (C=O) groups excluding carboxylic acids is 2. The summed E-state index contributed by atoms with van der Waals surface area (Å²) in [6.45, 7) is 12.5. The minimum absolute atomic E-state index is 0.0123. The van der Waals surface area contributed by atoms with E-state index in [1.807, 2.05) is 56.6 Å². The maximum atomic E-state index is 12.6. The average molecular weight is 346 g/mol. The molecule has 0 aromatic heterocycles. The second-order valence-electron chi connectivity index (χ2n) is 8.01. The summed E-state index contributed by atoms with van der Waals surface area (Å²) in [6, 6.07) is 7.28. The highest BCUT2D eigenvalue weighted by molar-refractivity contribution is 5.94. The van der Waals surface area contributed by atoms with E-state index in [0.717, 1.165) is 5.75 Å². The molecule has 5 nitrogen and oxygen atoms in total. The molecule has 1 aliphatic rings. The molecule has 0 spiro atoms. The fourth-order valence-electron chi connectivity index (χ4n) is 2.84. The molecule has 5 heteroatoms. The monoisotopic (exact) mass is 346 g/mol. The minimum atomic E-state index is -0.260. The lowest BCUT2D eigenvalue weighted by Crippen LogP contribution is -2.50. The number of piperazine rings is 1. The maximum absolute atomic E-state index is 12.6. The van der Waals surface area contributed by atoms with Crippen molar-refractivity contribution >= 4 is 11.8 Å². The Hall–Kier alpha value is -2.04. The molecule has 0 aliphatic carbocycles. The lowest BCUT2D eigenvalue weighted by atomic mass is 10.1. The van der Waals surface area contributed by atoms with Gasteiger partial charge in [-0.25, -0.2) is 0 Å². The molecule has 1 aliphatic heterocycles. The third-order valence-electron chi connectivity index (χ3n) is 4.03. The average Bonchev–Trinajstić information content (AvgIpc) is 2.53. The Morgan fingerprint density at radius 1 is 1.00 bits per heavy atom. The summed E-state index contributed by atoms with van der Waals surface area (Å²) in [5.74, 6) is 1.32. The first-order valence-electron chi connectivity index (χ1n) is 9.02. The molecule has 1 aromatic carbocycles. The van der Waals surface area contributed by atoms with Gasteiger partial charge >= 0.3 is 0 Å². The summed E-state index contributed by atoms with van der Waals surface area (Å²) in [7, 11) is 0.